The molecule has 0 saturated carbocycles. The van der Waals surface area contributed by atoms with Gasteiger partial charge in [-0.05, 0) is 29.7 Å². The number of aliphatic hydroxyl groups excluding tert-OH is 1. The number of aliphatic hydroxyl groups is 1. The number of amides is 1. The highest BCUT2D eigenvalue weighted by Gasteiger charge is 2.44. The van der Waals surface area contributed by atoms with Crippen LogP contribution in [0.3, 0.4) is 0 Å². The zero-order valence-corrected chi connectivity index (χ0v) is 19.8. The number of aryl methyl sites for hydroxylation is 1. The van der Waals surface area contributed by atoms with Crippen LogP contribution in [0.4, 0.5) is 0 Å². The van der Waals surface area contributed by atoms with Crippen LogP contribution < -0.4 is 0 Å². The van der Waals surface area contributed by atoms with Crippen LogP contribution >= 0.6 is 11.3 Å². The Morgan fingerprint density at radius 1 is 1.03 bits per heavy atom. The zero-order chi connectivity index (χ0) is 23.8. The zero-order valence-electron chi connectivity index (χ0n) is 19.0. The fraction of sp³-hybridized carbons (Fsp3) is 0.179. The highest BCUT2D eigenvalue weighted by molar-refractivity contribution is 7.17. The molecule has 1 aromatic heterocycles. The summed E-state index contributed by atoms with van der Waals surface area (Å²) in [4.78, 5) is 33.7. The summed E-state index contributed by atoms with van der Waals surface area (Å²) >= 11 is 1.29. The van der Waals surface area contributed by atoms with Crippen LogP contribution in [0.5, 0.6) is 0 Å². The van der Waals surface area contributed by atoms with Crippen LogP contribution in [0, 0.1) is 6.92 Å². The van der Waals surface area contributed by atoms with Crippen molar-refractivity contribution in [3.8, 4) is 10.6 Å². The molecule has 0 bridgehead atoms. The van der Waals surface area contributed by atoms with Crippen LogP contribution in [0.25, 0.3) is 21.3 Å². The van der Waals surface area contributed by atoms with E-state index in [1.807, 2.05) is 79.7 Å². The Kier molecular flexibility index (Phi) is 5.75. The molecule has 1 aliphatic heterocycles. The Hall–Kier alpha value is -3.77. The second-order valence-electron chi connectivity index (χ2n) is 8.36. The third kappa shape index (κ3) is 3.60. The van der Waals surface area contributed by atoms with Crippen molar-refractivity contribution in [3.63, 3.8) is 0 Å². The first-order valence-electron chi connectivity index (χ1n) is 11.3. The second kappa shape index (κ2) is 8.88. The quantitative estimate of drug-likeness (QED) is 0.339. The summed E-state index contributed by atoms with van der Waals surface area (Å²) in [6, 6.07) is 22.8. The Bertz CT molecular complexity index is 1430. The standard InChI is InChI=1S/C28H24N2O3S/c1-3-16-30-23(21-15-9-13-18-10-7-8-14-20(18)21)22(25(32)28(30)33)24(31)26-17(2)29-27(34-26)19-11-5-4-6-12-19/h4-15,23,32H,3,16H2,1-2H3. The van der Waals surface area contributed by atoms with E-state index in [0.29, 0.717) is 23.5 Å². The van der Waals surface area contributed by atoms with E-state index >= 15 is 0 Å². The van der Waals surface area contributed by atoms with Crippen molar-refractivity contribution >= 4 is 33.8 Å². The molecule has 1 amide bonds. The average Bonchev–Trinajstić information content (AvgIpc) is 3.37. The maximum absolute atomic E-state index is 13.9. The van der Waals surface area contributed by atoms with Crippen LogP contribution in [-0.4, -0.2) is 33.2 Å². The molecule has 0 fully saturated rings. The highest BCUT2D eigenvalue weighted by atomic mass is 32.1. The lowest BCUT2D eigenvalue weighted by molar-refractivity contribution is -0.129. The van der Waals surface area contributed by atoms with Crippen molar-refractivity contribution < 1.29 is 14.7 Å². The van der Waals surface area contributed by atoms with E-state index < -0.39 is 17.7 Å². The number of hydrogen-bond acceptors (Lipinski definition) is 5. The molecule has 170 valence electrons. The Balaban J connectivity index is 1.65. The van der Waals surface area contributed by atoms with Gasteiger partial charge in [-0.1, -0.05) is 79.7 Å². The number of ketones is 1. The molecule has 1 aliphatic rings. The highest BCUT2D eigenvalue weighted by Crippen LogP contribution is 2.43. The van der Waals surface area contributed by atoms with E-state index in [0.717, 1.165) is 26.9 Å². The topological polar surface area (TPSA) is 70.5 Å². The normalized spacial score (nSPS) is 16.0. The second-order valence-corrected chi connectivity index (χ2v) is 9.36. The monoisotopic (exact) mass is 468 g/mol. The molecular formula is C28H24N2O3S. The van der Waals surface area contributed by atoms with Gasteiger partial charge in [0.15, 0.2) is 5.76 Å². The lowest BCUT2D eigenvalue weighted by Crippen LogP contribution is -2.32. The molecule has 1 N–H and O–H groups in total. The van der Waals surface area contributed by atoms with E-state index in [-0.39, 0.29) is 11.4 Å². The van der Waals surface area contributed by atoms with Gasteiger partial charge in [0.25, 0.3) is 5.91 Å². The molecule has 2 heterocycles. The van der Waals surface area contributed by atoms with Crippen molar-refractivity contribution in [2.45, 2.75) is 26.3 Å². The average molecular weight is 469 g/mol. The van der Waals surface area contributed by atoms with E-state index in [1.54, 1.807) is 11.8 Å². The predicted octanol–water partition coefficient (Wildman–Crippen LogP) is 6.26. The van der Waals surface area contributed by atoms with Crippen molar-refractivity contribution in [1.82, 2.24) is 9.88 Å². The van der Waals surface area contributed by atoms with Gasteiger partial charge < -0.3 is 10.0 Å². The number of benzene rings is 3. The first-order chi connectivity index (χ1) is 16.5. The molecule has 5 nitrogen and oxygen atoms in total. The molecular weight excluding hydrogens is 444 g/mol. The molecule has 1 unspecified atom stereocenters. The molecule has 0 saturated heterocycles. The predicted molar refractivity (Wildman–Crippen MR) is 135 cm³/mol. The third-order valence-corrected chi connectivity index (χ3v) is 7.36. The van der Waals surface area contributed by atoms with Gasteiger partial charge in [0.1, 0.15) is 5.01 Å². The maximum atomic E-state index is 13.9. The molecule has 1 atom stereocenters. The Morgan fingerprint density at radius 2 is 1.74 bits per heavy atom. The van der Waals surface area contributed by atoms with Crippen LogP contribution in [0.1, 0.15) is 40.3 Å². The number of rotatable bonds is 6. The largest absolute Gasteiger partial charge is 0.503 e. The number of carbonyl (C=O) groups excluding carboxylic acids is 2. The first kappa shape index (κ1) is 22.0. The number of carbonyl (C=O) groups is 2. The minimum absolute atomic E-state index is 0.126. The van der Waals surface area contributed by atoms with Crippen molar-refractivity contribution in [2.75, 3.05) is 6.54 Å². The summed E-state index contributed by atoms with van der Waals surface area (Å²) in [7, 11) is 0. The van der Waals surface area contributed by atoms with Gasteiger partial charge in [0, 0.05) is 12.1 Å². The molecule has 6 heteroatoms. The fourth-order valence-corrected chi connectivity index (χ4v) is 5.63. The molecule has 0 aliphatic carbocycles. The van der Waals surface area contributed by atoms with Crippen LogP contribution in [-0.2, 0) is 4.79 Å². The minimum Gasteiger partial charge on any atom is -0.503 e. The van der Waals surface area contributed by atoms with Gasteiger partial charge in [-0.2, -0.15) is 0 Å². The number of thiazole rings is 1. The number of hydrogen-bond donors (Lipinski definition) is 1. The lowest BCUT2D eigenvalue weighted by Gasteiger charge is -2.27. The van der Waals surface area contributed by atoms with Crippen LogP contribution in [0.2, 0.25) is 0 Å². The van der Waals surface area contributed by atoms with Crippen LogP contribution in [0.15, 0.2) is 84.1 Å². The summed E-state index contributed by atoms with van der Waals surface area (Å²) in [6.45, 7) is 4.20. The molecule has 5 rings (SSSR count). The van der Waals surface area contributed by atoms with Crippen molar-refractivity contribution in [1.29, 1.82) is 0 Å². The van der Waals surface area contributed by atoms with E-state index in [9.17, 15) is 14.7 Å². The summed E-state index contributed by atoms with van der Waals surface area (Å²) in [5, 5.41) is 13.7. The SMILES string of the molecule is CCCN1C(=O)C(O)=C(C(=O)c2sc(-c3ccccc3)nc2C)C1c1cccc2ccccc12. The van der Waals surface area contributed by atoms with Gasteiger partial charge in [-0.15, -0.1) is 11.3 Å². The fourth-order valence-electron chi connectivity index (χ4n) is 4.60. The Labute approximate surface area is 202 Å². The summed E-state index contributed by atoms with van der Waals surface area (Å²) in [5.41, 5.74) is 2.47. The van der Waals surface area contributed by atoms with E-state index in [1.165, 1.54) is 11.3 Å². The molecule has 3 aromatic carbocycles. The van der Waals surface area contributed by atoms with Gasteiger partial charge in [0.05, 0.1) is 22.2 Å². The number of nitrogens with zero attached hydrogens (tertiary/aromatic N) is 2. The van der Waals surface area contributed by atoms with E-state index in [2.05, 4.69) is 4.98 Å². The smallest absolute Gasteiger partial charge is 0.290 e. The molecule has 4 aromatic rings. The molecule has 34 heavy (non-hydrogen) atoms. The first-order valence-corrected chi connectivity index (χ1v) is 12.1. The minimum atomic E-state index is -0.660. The van der Waals surface area contributed by atoms with Gasteiger partial charge in [0.2, 0.25) is 5.78 Å². The maximum Gasteiger partial charge on any atom is 0.290 e. The Morgan fingerprint density at radius 3 is 2.50 bits per heavy atom. The molecule has 0 radical (unpaired) electrons. The lowest BCUT2D eigenvalue weighted by atomic mass is 9.91. The molecule has 0 spiro atoms. The van der Waals surface area contributed by atoms with Gasteiger partial charge >= 0.3 is 0 Å². The van der Waals surface area contributed by atoms with Gasteiger partial charge in [-0.3, -0.25) is 9.59 Å². The summed E-state index contributed by atoms with van der Waals surface area (Å²) in [6.07, 6.45) is 0.708. The number of Topliss-reactive ketones (excluding diaryl/α,β-unsaturated/α-hetero) is 1. The van der Waals surface area contributed by atoms with Crippen molar-refractivity contribution in [2.24, 2.45) is 0 Å². The third-order valence-electron chi connectivity index (χ3n) is 6.15. The summed E-state index contributed by atoms with van der Waals surface area (Å²) < 4.78 is 0. The van der Waals surface area contributed by atoms with E-state index in [4.69, 9.17) is 0 Å². The van der Waals surface area contributed by atoms with Gasteiger partial charge in [-0.25, -0.2) is 4.98 Å². The number of aromatic nitrogens is 1. The number of fused-ring (bicyclic) bond motifs is 1. The van der Waals surface area contributed by atoms with Crippen molar-refractivity contribution in [3.05, 3.63) is 100 Å². The summed E-state index contributed by atoms with van der Waals surface area (Å²) in [5.74, 6) is -1.32.